The minimum Gasteiger partial charge on any atom is -0.492 e. The van der Waals surface area contributed by atoms with Crippen LogP contribution in [0.1, 0.15) is 24.2 Å². The highest BCUT2D eigenvalue weighted by atomic mass is 35.5. The molecule has 156 valence electrons. The molecule has 0 aliphatic carbocycles. The number of benzene rings is 2. The first-order valence-electron chi connectivity index (χ1n) is 9.06. The first kappa shape index (κ1) is 22.4. The molecular weight excluding hydrogens is 398 g/mol. The van der Waals surface area contributed by atoms with Crippen LogP contribution in [-0.4, -0.2) is 37.7 Å². The summed E-state index contributed by atoms with van der Waals surface area (Å²) in [5, 5.41) is 17.3. The quantitative estimate of drug-likeness (QED) is 0.330. The number of nitrogens with one attached hydrogen (secondary N) is 2. The van der Waals surface area contributed by atoms with Gasteiger partial charge in [-0.25, -0.2) is 0 Å². The van der Waals surface area contributed by atoms with Crippen molar-refractivity contribution in [1.82, 2.24) is 0 Å². The Bertz CT molecular complexity index is 873. The van der Waals surface area contributed by atoms with E-state index in [1.807, 2.05) is 13.8 Å². The van der Waals surface area contributed by atoms with Crippen LogP contribution in [0.2, 0.25) is 5.02 Å². The standard InChI is InChI=1S/C20H24ClN3O5/c1-13(2)12-29-19-7-5-15(11-16(19)21)23-20(25)14-4-6-17(22-8-9-28-3)18(10-14)24(26)27/h4-7,10-11,13,22H,8-9,12H2,1-3H3,(H,23,25). The molecule has 2 aromatic rings. The second kappa shape index (κ2) is 10.6. The fraction of sp³-hybridized carbons (Fsp3) is 0.350. The van der Waals surface area contributed by atoms with Gasteiger partial charge < -0.3 is 20.1 Å². The Labute approximate surface area is 174 Å². The molecule has 0 saturated carbocycles. The number of rotatable bonds is 10. The van der Waals surface area contributed by atoms with Gasteiger partial charge in [0.2, 0.25) is 0 Å². The third-order valence-electron chi connectivity index (χ3n) is 3.84. The minimum absolute atomic E-state index is 0.158. The summed E-state index contributed by atoms with van der Waals surface area (Å²) in [6, 6.07) is 9.15. The first-order chi connectivity index (χ1) is 13.8. The van der Waals surface area contributed by atoms with Gasteiger partial charge in [-0.15, -0.1) is 0 Å². The van der Waals surface area contributed by atoms with Crippen molar-refractivity contribution < 1.29 is 19.2 Å². The van der Waals surface area contributed by atoms with E-state index in [-0.39, 0.29) is 11.3 Å². The maximum atomic E-state index is 12.5. The molecule has 0 radical (unpaired) electrons. The van der Waals surface area contributed by atoms with Crippen LogP contribution in [0.25, 0.3) is 0 Å². The zero-order valence-corrected chi connectivity index (χ0v) is 17.3. The van der Waals surface area contributed by atoms with E-state index in [1.54, 1.807) is 25.3 Å². The summed E-state index contributed by atoms with van der Waals surface area (Å²) >= 11 is 6.21. The van der Waals surface area contributed by atoms with Gasteiger partial charge >= 0.3 is 0 Å². The number of halogens is 1. The minimum atomic E-state index is -0.538. The van der Waals surface area contributed by atoms with Crippen LogP contribution >= 0.6 is 11.6 Å². The van der Waals surface area contributed by atoms with Gasteiger partial charge in [-0.1, -0.05) is 25.4 Å². The maximum Gasteiger partial charge on any atom is 0.293 e. The van der Waals surface area contributed by atoms with Crippen molar-refractivity contribution in [3.8, 4) is 5.75 Å². The lowest BCUT2D eigenvalue weighted by Gasteiger charge is -2.12. The van der Waals surface area contributed by atoms with Gasteiger partial charge in [0.25, 0.3) is 11.6 Å². The lowest BCUT2D eigenvalue weighted by atomic mass is 10.1. The number of anilines is 2. The first-order valence-corrected chi connectivity index (χ1v) is 9.44. The van der Waals surface area contributed by atoms with Gasteiger partial charge in [0.1, 0.15) is 11.4 Å². The summed E-state index contributed by atoms with van der Waals surface area (Å²) in [4.78, 5) is 23.3. The molecule has 0 aromatic heterocycles. The summed E-state index contributed by atoms with van der Waals surface area (Å²) in [5.74, 6) is 0.400. The summed E-state index contributed by atoms with van der Waals surface area (Å²) in [7, 11) is 1.54. The lowest BCUT2D eigenvalue weighted by molar-refractivity contribution is -0.384. The van der Waals surface area contributed by atoms with Gasteiger partial charge in [0, 0.05) is 31.0 Å². The van der Waals surface area contributed by atoms with Gasteiger partial charge in [-0.05, 0) is 36.2 Å². The normalized spacial score (nSPS) is 10.7. The lowest BCUT2D eigenvalue weighted by Crippen LogP contribution is -2.14. The zero-order valence-electron chi connectivity index (χ0n) is 16.5. The number of carbonyl (C=O) groups excluding carboxylic acids is 1. The SMILES string of the molecule is COCCNc1ccc(C(=O)Nc2ccc(OCC(C)C)c(Cl)c2)cc1[N+](=O)[O-]. The van der Waals surface area contributed by atoms with Crippen molar-refractivity contribution in [1.29, 1.82) is 0 Å². The maximum absolute atomic E-state index is 12.5. The van der Waals surface area contributed by atoms with Crippen LogP contribution in [-0.2, 0) is 4.74 Å². The van der Waals surface area contributed by atoms with Crippen LogP contribution in [0, 0.1) is 16.0 Å². The van der Waals surface area contributed by atoms with E-state index < -0.39 is 10.8 Å². The molecule has 0 unspecified atom stereocenters. The predicted octanol–water partition coefficient (Wildman–Crippen LogP) is 4.59. The monoisotopic (exact) mass is 421 g/mol. The molecule has 2 rings (SSSR count). The van der Waals surface area contributed by atoms with Crippen molar-refractivity contribution in [2.75, 3.05) is 37.5 Å². The summed E-state index contributed by atoms with van der Waals surface area (Å²) in [6.45, 7) is 5.39. The molecule has 9 heteroatoms. The molecule has 2 N–H and O–H groups in total. The Balaban J connectivity index is 2.12. The second-order valence-electron chi connectivity index (χ2n) is 6.71. The number of hydrogen-bond acceptors (Lipinski definition) is 6. The molecule has 0 bridgehead atoms. The Kier molecular flexibility index (Phi) is 8.23. The van der Waals surface area contributed by atoms with Crippen LogP contribution in [0.5, 0.6) is 5.75 Å². The van der Waals surface area contributed by atoms with E-state index in [0.29, 0.717) is 47.8 Å². The Morgan fingerprint density at radius 1 is 1.24 bits per heavy atom. The highest BCUT2D eigenvalue weighted by molar-refractivity contribution is 6.32. The van der Waals surface area contributed by atoms with Gasteiger partial charge in [0.05, 0.1) is 23.2 Å². The Morgan fingerprint density at radius 3 is 2.62 bits per heavy atom. The molecule has 1 amide bonds. The highest BCUT2D eigenvalue weighted by Crippen LogP contribution is 2.29. The van der Waals surface area contributed by atoms with E-state index in [9.17, 15) is 14.9 Å². The highest BCUT2D eigenvalue weighted by Gasteiger charge is 2.18. The summed E-state index contributed by atoms with van der Waals surface area (Å²) < 4.78 is 10.5. The smallest absolute Gasteiger partial charge is 0.293 e. The molecule has 8 nitrogen and oxygen atoms in total. The van der Waals surface area contributed by atoms with Crippen LogP contribution in [0.4, 0.5) is 17.1 Å². The van der Waals surface area contributed by atoms with Gasteiger partial charge in [0.15, 0.2) is 0 Å². The van der Waals surface area contributed by atoms with E-state index in [0.717, 1.165) is 0 Å². The molecular formula is C20H24ClN3O5. The number of methoxy groups -OCH3 is 1. The molecule has 0 fully saturated rings. The van der Waals surface area contributed by atoms with Crippen LogP contribution in [0.15, 0.2) is 36.4 Å². The van der Waals surface area contributed by atoms with Crippen LogP contribution in [0.3, 0.4) is 0 Å². The molecule has 0 aliphatic rings. The number of hydrogen-bond donors (Lipinski definition) is 2. The molecule has 0 saturated heterocycles. The van der Waals surface area contributed by atoms with Crippen molar-refractivity contribution >= 4 is 34.6 Å². The molecule has 0 atom stereocenters. The molecule has 0 aliphatic heterocycles. The molecule has 2 aromatic carbocycles. The van der Waals surface area contributed by atoms with E-state index in [1.165, 1.54) is 18.2 Å². The van der Waals surface area contributed by atoms with Crippen LogP contribution < -0.4 is 15.4 Å². The van der Waals surface area contributed by atoms with E-state index in [2.05, 4.69) is 10.6 Å². The Hall–Kier alpha value is -2.84. The van der Waals surface area contributed by atoms with Gasteiger partial charge in [-0.2, -0.15) is 0 Å². The fourth-order valence-corrected chi connectivity index (χ4v) is 2.65. The fourth-order valence-electron chi connectivity index (χ4n) is 2.42. The average molecular weight is 422 g/mol. The van der Waals surface area contributed by atoms with Gasteiger partial charge in [-0.3, -0.25) is 14.9 Å². The number of carbonyl (C=O) groups is 1. The van der Waals surface area contributed by atoms with Crippen molar-refractivity contribution in [2.24, 2.45) is 5.92 Å². The summed E-state index contributed by atoms with van der Waals surface area (Å²) in [5.41, 5.74) is 0.745. The number of nitrogens with zero attached hydrogens (tertiary/aromatic N) is 1. The van der Waals surface area contributed by atoms with E-state index >= 15 is 0 Å². The average Bonchev–Trinajstić information content (AvgIpc) is 2.67. The Morgan fingerprint density at radius 2 is 2.00 bits per heavy atom. The largest absolute Gasteiger partial charge is 0.492 e. The zero-order chi connectivity index (χ0) is 21.4. The van der Waals surface area contributed by atoms with Crippen molar-refractivity contribution in [2.45, 2.75) is 13.8 Å². The number of amides is 1. The number of ether oxygens (including phenoxy) is 2. The summed E-state index contributed by atoms with van der Waals surface area (Å²) in [6.07, 6.45) is 0. The number of nitro groups is 1. The molecule has 0 heterocycles. The van der Waals surface area contributed by atoms with Crippen molar-refractivity contribution in [3.05, 3.63) is 57.1 Å². The van der Waals surface area contributed by atoms with E-state index in [4.69, 9.17) is 21.1 Å². The topological polar surface area (TPSA) is 103 Å². The van der Waals surface area contributed by atoms with Crippen molar-refractivity contribution in [3.63, 3.8) is 0 Å². The second-order valence-corrected chi connectivity index (χ2v) is 7.12. The molecule has 0 spiro atoms. The number of nitro benzene ring substituents is 1. The molecule has 29 heavy (non-hydrogen) atoms. The predicted molar refractivity (Wildman–Crippen MR) is 113 cm³/mol. The third-order valence-corrected chi connectivity index (χ3v) is 4.14. The third kappa shape index (κ3) is 6.62.